The van der Waals surface area contributed by atoms with Crippen LogP contribution in [-0.4, -0.2) is 74.3 Å². The van der Waals surface area contributed by atoms with Gasteiger partial charge < -0.3 is 14.8 Å². The minimum Gasteiger partial charge on any atom is -0.448 e. The lowest BCUT2D eigenvalue weighted by Gasteiger charge is -2.30. The van der Waals surface area contributed by atoms with Crippen LogP contribution in [0.25, 0.3) is 22.1 Å². The largest absolute Gasteiger partial charge is 0.448 e. The van der Waals surface area contributed by atoms with Crippen LogP contribution in [0, 0.1) is 11.6 Å². The van der Waals surface area contributed by atoms with E-state index in [2.05, 4.69) is 30.1 Å². The predicted octanol–water partition coefficient (Wildman–Crippen LogP) is 4.94. The molecule has 7 rings (SSSR count). The van der Waals surface area contributed by atoms with E-state index in [1.165, 1.54) is 88.6 Å². The number of fused-ring (bicyclic) bond motifs is 2. The van der Waals surface area contributed by atoms with Gasteiger partial charge in [0.2, 0.25) is 21.1 Å². The van der Waals surface area contributed by atoms with Crippen LogP contribution in [-0.2, 0) is 33.3 Å². The van der Waals surface area contributed by atoms with Crippen LogP contribution in [0.2, 0.25) is 0 Å². The molecule has 0 atom stereocenters. The van der Waals surface area contributed by atoms with Crippen molar-refractivity contribution in [2.45, 2.75) is 24.0 Å². The normalized spacial score (nSPS) is 13.7. The number of halogens is 2. The Balaban J connectivity index is 0.000000193. The van der Waals surface area contributed by atoms with Gasteiger partial charge >= 0.3 is 0 Å². The molecule has 2 aromatic carbocycles. The molecule has 16 nitrogen and oxygen atoms in total. The molecule has 1 N–H and O–H groups in total. The zero-order valence-electron chi connectivity index (χ0n) is 29.8. The van der Waals surface area contributed by atoms with Crippen molar-refractivity contribution in [1.29, 1.82) is 0 Å². The van der Waals surface area contributed by atoms with Crippen LogP contribution in [0.3, 0.4) is 0 Å². The van der Waals surface area contributed by atoms with Crippen LogP contribution in [0.4, 0.5) is 14.7 Å². The number of nitrogens with zero attached hydrogens (tertiary/aromatic N) is 7. The van der Waals surface area contributed by atoms with Gasteiger partial charge in [-0.25, -0.2) is 41.3 Å². The summed E-state index contributed by atoms with van der Waals surface area (Å²) in [4.78, 5) is 46.6. The fraction of sp³-hybridized carbons (Fsp3) is 0.257. The first-order valence-electron chi connectivity index (χ1n) is 16.5. The highest BCUT2D eigenvalue weighted by molar-refractivity contribution is 7.94. The van der Waals surface area contributed by atoms with Crippen LogP contribution in [0.1, 0.15) is 12.8 Å². The second kappa shape index (κ2) is 16.9. The number of para-hydroxylation sites is 2. The molecule has 20 heteroatoms. The number of aryl methyl sites for hydroxylation is 2. The van der Waals surface area contributed by atoms with Gasteiger partial charge in [0.25, 0.3) is 11.1 Å². The highest BCUT2D eigenvalue weighted by Crippen LogP contribution is 2.26. The Morgan fingerprint density at radius 2 is 1.29 bits per heavy atom. The first-order chi connectivity index (χ1) is 26.3. The summed E-state index contributed by atoms with van der Waals surface area (Å²) >= 11 is 0.818. The van der Waals surface area contributed by atoms with E-state index in [1.54, 1.807) is 25.4 Å². The highest BCUT2D eigenvalue weighted by Gasteiger charge is 2.25. The minimum atomic E-state index is -3.19. The molecule has 1 aliphatic rings. The average Bonchev–Trinajstić information content (AvgIpc) is 3.17. The Bertz CT molecular complexity index is 2590. The van der Waals surface area contributed by atoms with Crippen LogP contribution < -0.4 is 25.9 Å². The Kier molecular flexibility index (Phi) is 12.0. The summed E-state index contributed by atoms with van der Waals surface area (Å²) in [6.07, 6.45) is 5.53. The number of sulfonamides is 1. The summed E-state index contributed by atoms with van der Waals surface area (Å²) in [5.74, 6) is -0.899. The van der Waals surface area contributed by atoms with Crippen molar-refractivity contribution in [3.8, 4) is 23.0 Å². The first kappa shape index (κ1) is 39.2. The number of benzene rings is 2. The maximum absolute atomic E-state index is 13.9. The Morgan fingerprint density at radius 1 is 0.782 bits per heavy atom. The fourth-order valence-corrected chi connectivity index (χ4v) is 6.77. The SMILES string of the molecule is COOSc1ncc2cc(Oc3ccccc3F)c(=O)n(C)c2n1.Cn1c(=O)c(Oc2ccccc2F)cc2cnc(NC3CCN(S(C)(=O)=O)CC3)nc21. The molecule has 0 bridgehead atoms. The van der Waals surface area contributed by atoms with Gasteiger partial charge in [-0.15, -0.1) is 0 Å². The number of rotatable bonds is 10. The predicted molar refractivity (Wildman–Crippen MR) is 200 cm³/mol. The van der Waals surface area contributed by atoms with Crippen molar-refractivity contribution in [2.24, 2.45) is 14.1 Å². The lowest BCUT2D eigenvalue weighted by molar-refractivity contribution is -0.160. The van der Waals surface area contributed by atoms with Gasteiger partial charge in [-0.1, -0.05) is 24.3 Å². The van der Waals surface area contributed by atoms with Crippen LogP contribution in [0.5, 0.6) is 23.0 Å². The molecule has 0 unspecified atom stereocenters. The molecule has 0 amide bonds. The third-order valence-electron chi connectivity index (χ3n) is 8.36. The quantitative estimate of drug-likeness (QED) is 0.0852. The molecule has 6 aromatic rings. The molecule has 1 aliphatic heterocycles. The summed E-state index contributed by atoms with van der Waals surface area (Å²) < 4.78 is 70.5. The van der Waals surface area contributed by atoms with Gasteiger partial charge in [0.15, 0.2) is 34.6 Å². The molecule has 1 saturated heterocycles. The molecule has 0 saturated carbocycles. The Morgan fingerprint density at radius 3 is 1.80 bits per heavy atom. The number of aromatic nitrogens is 6. The van der Waals surface area contributed by atoms with Gasteiger partial charge in [0, 0.05) is 56.4 Å². The molecule has 5 heterocycles. The van der Waals surface area contributed by atoms with Crippen molar-refractivity contribution < 1.29 is 35.9 Å². The molecule has 288 valence electrons. The molecule has 0 spiro atoms. The molecular formula is C35H34F2N8O8S2. The van der Waals surface area contributed by atoms with E-state index >= 15 is 0 Å². The zero-order valence-corrected chi connectivity index (χ0v) is 31.4. The van der Waals surface area contributed by atoms with Crippen molar-refractivity contribution >= 4 is 50.1 Å². The van der Waals surface area contributed by atoms with Crippen molar-refractivity contribution in [3.05, 3.63) is 105 Å². The zero-order chi connectivity index (χ0) is 39.3. The van der Waals surface area contributed by atoms with Gasteiger partial charge in [-0.3, -0.25) is 18.7 Å². The molecule has 55 heavy (non-hydrogen) atoms. The van der Waals surface area contributed by atoms with Gasteiger partial charge in [0.05, 0.1) is 13.4 Å². The van der Waals surface area contributed by atoms with E-state index in [0.29, 0.717) is 53.9 Å². The fourth-order valence-electron chi connectivity index (χ4n) is 5.55. The third kappa shape index (κ3) is 9.23. The van der Waals surface area contributed by atoms with Gasteiger partial charge in [-0.2, -0.15) is 9.32 Å². The molecule has 4 aromatic heterocycles. The summed E-state index contributed by atoms with van der Waals surface area (Å²) in [6.45, 7) is 0.860. The summed E-state index contributed by atoms with van der Waals surface area (Å²) in [5.41, 5.74) is -0.120. The van der Waals surface area contributed by atoms with E-state index < -0.39 is 32.8 Å². The Labute approximate surface area is 316 Å². The summed E-state index contributed by atoms with van der Waals surface area (Å²) in [6, 6.07) is 14.7. The number of nitrogens with one attached hydrogen (secondary N) is 1. The second-order valence-electron chi connectivity index (χ2n) is 12.1. The smallest absolute Gasteiger partial charge is 0.294 e. The minimum absolute atomic E-state index is 0.0211. The van der Waals surface area contributed by atoms with Gasteiger partial charge in [0.1, 0.15) is 23.3 Å². The number of hydrogen-bond donors (Lipinski definition) is 1. The number of piperidine rings is 1. The standard InChI is InChI=1S/C20H22FN5O4S.C15H12FN3O4S/c1-25-18-13(11-17(19(25)27)30-16-6-4-3-5-15(16)21)12-22-20(24-18)23-14-7-9-26(10-8-14)31(2,28)29;1-19-13-9(8-17-15(18-13)24-23-21-2)7-12(14(19)20)22-11-6-4-3-5-10(11)16/h3-6,11-12,14H,7-10H2,1-2H3,(H,22,23,24);3-8H,1-2H3. The lowest BCUT2D eigenvalue weighted by atomic mass is 10.1. The summed E-state index contributed by atoms with van der Waals surface area (Å²) in [7, 11) is 1.26. The molecular weight excluding hydrogens is 763 g/mol. The monoisotopic (exact) mass is 796 g/mol. The van der Waals surface area contributed by atoms with Crippen molar-refractivity contribution in [3.63, 3.8) is 0 Å². The number of anilines is 1. The topological polar surface area (TPSA) is 182 Å². The van der Waals surface area contributed by atoms with Crippen LogP contribution in [0.15, 0.2) is 87.8 Å². The van der Waals surface area contributed by atoms with Gasteiger partial charge in [-0.05, 0) is 49.2 Å². The average molecular weight is 797 g/mol. The Hall–Kier alpha value is -5.54. The second-order valence-corrected chi connectivity index (χ2v) is 14.8. The van der Waals surface area contributed by atoms with E-state index in [0.717, 1.165) is 12.0 Å². The maximum Gasteiger partial charge on any atom is 0.294 e. The van der Waals surface area contributed by atoms with Crippen LogP contribution >= 0.6 is 12.0 Å². The number of hydrogen-bond acceptors (Lipinski definition) is 14. The number of pyridine rings is 2. The lowest BCUT2D eigenvalue weighted by Crippen LogP contribution is -2.42. The number of ether oxygens (including phenoxy) is 2. The van der Waals surface area contributed by atoms with E-state index in [9.17, 15) is 26.8 Å². The summed E-state index contributed by atoms with van der Waals surface area (Å²) in [5, 5.41) is 4.61. The highest BCUT2D eigenvalue weighted by atomic mass is 32.2. The van der Waals surface area contributed by atoms with E-state index in [1.807, 2.05) is 0 Å². The van der Waals surface area contributed by atoms with E-state index in [-0.39, 0.29) is 34.2 Å². The molecule has 1 fully saturated rings. The first-order valence-corrected chi connectivity index (χ1v) is 19.1. The van der Waals surface area contributed by atoms with Crippen molar-refractivity contribution in [1.82, 2.24) is 33.4 Å². The third-order valence-corrected chi connectivity index (χ3v) is 10.2. The van der Waals surface area contributed by atoms with Crippen molar-refractivity contribution in [2.75, 3.05) is 31.8 Å². The van der Waals surface area contributed by atoms with E-state index in [4.69, 9.17) is 13.8 Å². The molecule has 0 aliphatic carbocycles. The molecule has 0 radical (unpaired) electrons. The maximum atomic E-state index is 13.9.